The molecule has 3 heteroatoms. The summed E-state index contributed by atoms with van der Waals surface area (Å²) in [7, 11) is 0. The second kappa shape index (κ2) is 5.58. The van der Waals surface area contributed by atoms with Gasteiger partial charge < -0.3 is 11.1 Å². The number of nitrogens with two attached hydrogens (primary N) is 1. The van der Waals surface area contributed by atoms with Crippen molar-refractivity contribution in [3.8, 4) is 0 Å². The Morgan fingerprint density at radius 2 is 1.85 bits per heavy atom. The first-order valence-corrected chi connectivity index (χ1v) is 7.85. The van der Waals surface area contributed by atoms with Gasteiger partial charge in [-0.25, -0.2) is 0 Å². The summed E-state index contributed by atoms with van der Waals surface area (Å²) in [4.78, 5) is 0. The maximum atomic E-state index is 6.16. The Hall–Kier alpha value is -1.32. The van der Waals surface area contributed by atoms with E-state index in [0.29, 0.717) is 6.54 Å². The van der Waals surface area contributed by atoms with E-state index in [9.17, 15) is 0 Å². The van der Waals surface area contributed by atoms with E-state index in [4.69, 9.17) is 5.73 Å². The van der Waals surface area contributed by atoms with Gasteiger partial charge in [0.05, 0.1) is 5.54 Å². The summed E-state index contributed by atoms with van der Waals surface area (Å²) in [6.07, 6.45) is 3.41. The number of nitrogens with one attached hydrogen (secondary N) is 1. The van der Waals surface area contributed by atoms with E-state index >= 15 is 0 Å². The molecule has 104 valence electrons. The zero-order valence-corrected chi connectivity index (χ0v) is 13.0. The molecule has 3 rings (SSSR count). The Kier molecular flexibility index (Phi) is 3.81. The third-order valence-corrected chi connectivity index (χ3v) is 4.69. The van der Waals surface area contributed by atoms with Crippen molar-refractivity contribution in [1.82, 2.24) is 0 Å². The molecule has 0 saturated heterocycles. The second-order valence-corrected chi connectivity index (χ2v) is 6.34. The molecule has 0 heterocycles. The third-order valence-electron chi connectivity index (χ3n) is 4.16. The Bertz CT molecular complexity index is 594. The number of fused-ring (bicyclic) bond motifs is 1. The van der Waals surface area contributed by atoms with Gasteiger partial charge in [-0.3, -0.25) is 0 Å². The molecule has 0 aliphatic heterocycles. The number of benzene rings is 2. The van der Waals surface area contributed by atoms with Crippen LogP contribution in [0.3, 0.4) is 0 Å². The van der Waals surface area contributed by atoms with Gasteiger partial charge in [-0.15, -0.1) is 0 Å². The number of anilines is 1. The van der Waals surface area contributed by atoms with Crippen LogP contribution in [0.5, 0.6) is 0 Å². The van der Waals surface area contributed by atoms with Crippen molar-refractivity contribution < 1.29 is 0 Å². The summed E-state index contributed by atoms with van der Waals surface area (Å²) >= 11 is 3.47. The number of rotatable bonds is 3. The average Bonchev–Trinajstić information content (AvgIpc) is 2.50. The van der Waals surface area contributed by atoms with Crippen molar-refractivity contribution in [2.75, 3.05) is 11.9 Å². The topological polar surface area (TPSA) is 38.0 Å². The van der Waals surface area contributed by atoms with E-state index in [0.717, 1.165) is 23.0 Å². The van der Waals surface area contributed by atoms with Crippen LogP contribution in [0.1, 0.15) is 24.0 Å². The maximum absolute atomic E-state index is 6.16. The average molecular weight is 331 g/mol. The van der Waals surface area contributed by atoms with Gasteiger partial charge in [-0.2, -0.15) is 0 Å². The van der Waals surface area contributed by atoms with Gasteiger partial charge in [0.25, 0.3) is 0 Å². The molecule has 1 atom stereocenters. The lowest BCUT2D eigenvalue weighted by Gasteiger charge is -2.40. The molecular formula is C17H19BrN2. The second-order valence-electron chi connectivity index (χ2n) is 5.43. The zero-order chi connectivity index (χ0) is 14.0. The fourth-order valence-corrected chi connectivity index (χ4v) is 3.39. The lowest BCUT2D eigenvalue weighted by Crippen LogP contribution is -2.45. The molecule has 3 N–H and O–H groups in total. The highest BCUT2D eigenvalue weighted by Crippen LogP contribution is 2.37. The highest BCUT2D eigenvalue weighted by Gasteiger charge is 2.34. The normalized spacial score (nSPS) is 21.3. The summed E-state index contributed by atoms with van der Waals surface area (Å²) < 4.78 is 1.09. The molecule has 0 fully saturated rings. The van der Waals surface area contributed by atoms with E-state index in [1.807, 2.05) is 0 Å². The zero-order valence-electron chi connectivity index (χ0n) is 11.4. The monoisotopic (exact) mass is 330 g/mol. The minimum atomic E-state index is -0.136. The van der Waals surface area contributed by atoms with Gasteiger partial charge in [0, 0.05) is 16.7 Å². The van der Waals surface area contributed by atoms with Gasteiger partial charge in [-0.05, 0) is 54.7 Å². The van der Waals surface area contributed by atoms with Gasteiger partial charge in [-0.1, -0.05) is 40.2 Å². The Morgan fingerprint density at radius 1 is 1.10 bits per heavy atom. The molecule has 2 aromatic carbocycles. The van der Waals surface area contributed by atoms with Crippen LogP contribution in [-0.2, 0) is 12.0 Å². The number of halogens is 1. The first-order chi connectivity index (χ1) is 9.73. The summed E-state index contributed by atoms with van der Waals surface area (Å²) in [5.74, 6) is 0. The minimum absolute atomic E-state index is 0.136. The first-order valence-electron chi connectivity index (χ1n) is 7.06. The molecule has 20 heavy (non-hydrogen) atoms. The van der Waals surface area contributed by atoms with Crippen LogP contribution in [0, 0.1) is 0 Å². The fourth-order valence-electron chi connectivity index (χ4n) is 3.12. The predicted octanol–water partition coefficient (Wildman–Crippen LogP) is 4.05. The van der Waals surface area contributed by atoms with Crippen molar-refractivity contribution in [1.29, 1.82) is 0 Å². The van der Waals surface area contributed by atoms with Crippen LogP contribution in [0.2, 0.25) is 0 Å². The van der Waals surface area contributed by atoms with Crippen LogP contribution in [0.4, 0.5) is 5.69 Å². The molecule has 0 radical (unpaired) electrons. The Labute approximate surface area is 128 Å². The first kappa shape index (κ1) is 13.7. The smallest absolute Gasteiger partial charge is 0.0750 e. The molecule has 1 unspecified atom stereocenters. The lowest BCUT2D eigenvalue weighted by atomic mass is 9.76. The number of aryl methyl sites for hydroxylation is 1. The summed E-state index contributed by atoms with van der Waals surface area (Å²) in [5.41, 5.74) is 9.93. The van der Waals surface area contributed by atoms with E-state index in [2.05, 4.69) is 69.8 Å². The van der Waals surface area contributed by atoms with Gasteiger partial charge >= 0.3 is 0 Å². The van der Waals surface area contributed by atoms with Crippen molar-refractivity contribution in [3.63, 3.8) is 0 Å². The van der Waals surface area contributed by atoms with E-state index in [-0.39, 0.29) is 5.54 Å². The van der Waals surface area contributed by atoms with Crippen LogP contribution < -0.4 is 11.1 Å². The van der Waals surface area contributed by atoms with E-state index < -0.39 is 0 Å². The molecule has 2 nitrogen and oxygen atoms in total. The third kappa shape index (κ3) is 2.48. The Morgan fingerprint density at radius 3 is 2.60 bits per heavy atom. The largest absolute Gasteiger partial charge is 0.374 e. The number of hydrogen-bond donors (Lipinski definition) is 2. The summed E-state index contributed by atoms with van der Waals surface area (Å²) in [5, 5.41) is 3.68. The molecule has 0 aromatic heterocycles. The highest BCUT2D eigenvalue weighted by molar-refractivity contribution is 9.10. The molecule has 0 bridgehead atoms. The minimum Gasteiger partial charge on any atom is -0.374 e. The molecule has 1 aliphatic carbocycles. The molecule has 0 spiro atoms. The fraction of sp³-hybridized carbons (Fsp3) is 0.294. The standard InChI is InChI=1S/C17H19BrN2/c18-14-7-9-15(10-8-14)20-17(12-19)11-3-5-13-4-1-2-6-16(13)17/h1-2,4,6-10,20H,3,5,11-12,19H2. The molecule has 0 saturated carbocycles. The molecule has 0 amide bonds. The summed E-state index contributed by atoms with van der Waals surface area (Å²) in [6.45, 7) is 0.611. The molecule has 2 aromatic rings. The van der Waals surface area contributed by atoms with Crippen molar-refractivity contribution in [2.24, 2.45) is 5.73 Å². The van der Waals surface area contributed by atoms with Gasteiger partial charge in [0.15, 0.2) is 0 Å². The number of hydrogen-bond acceptors (Lipinski definition) is 2. The van der Waals surface area contributed by atoms with Crippen molar-refractivity contribution in [3.05, 3.63) is 64.1 Å². The molecular weight excluding hydrogens is 312 g/mol. The maximum Gasteiger partial charge on any atom is 0.0750 e. The Balaban J connectivity index is 1.98. The van der Waals surface area contributed by atoms with Crippen molar-refractivity contribution in [2.45, 2.75) is 24.8 Å². The van der Waals surface area contributed by atoms with Gasteiger partial charge in [0.1, 0.15) is 0 Å². The quantitative estimate of drug-likeness (QED) is 0.890. The summed E-state index contributed by atoms with van der Waals surface area (Å²) in [6, 6.07) is 17.0. The SMILES string of the molecule is NCC1(Nc2ccc(Br)cc2)CCCc2ccccc21. The highest BCUT2D eigenvalue weighted by atomic mass is 79.9. The van der Waals surface area contributed by atoms with Crippen molar-refractivity contribution >= 4 is 21.6 Å². The lowest BCUT2D eigenvalue weighted by molar-refractivity contribution is 0.417. The predicted molar refractivity (Wildman–Crippen MR) is 87.9 cm³/mol. The molecule has 1 aliphatic rings. The van der Waals surface area contributed by atoms with Gasteiger partial charge in [0.2, 0.25) is 0 Å². The van der Waals surface area contributed by atoms with Crippen LogP contribution in [0.15, 0.2) is 53.0 Å². The van der Waals surface area contributed by atoms with E-state index in [1.54, 1.807) is 0 Å². The van der Waals surface area contributed by atoms with E-state index in [1.165, 1.54) is 17.5 Å². The van der Waals surface area contributed by atoms with Crippen LogP contribution >= 0.6 is 15.9 Å². The van der Waals surface area contributed by atoms with Crippen LogP contribution in [0.25, 0.3) is 0 Å². The van der Waals surface area contributed by atoms with Crippen LogP contribution in [-0.4, -0.2) is 6.54 Å².